The summed E-state index contributed by atoms with van der Waals surface area (Å²) in [7, 11) is -1.43. The largest absolute Gasteiger partial charge is 0.416 e. The van der Waals surface area contributed by atoms with Gasteiger partial charge in [0.15, 0.2) is 0 Å². The Morgan fingerprint density at radius 1 is 1.08 bits per heavy atom. The zero-order valence-corrected chi connectivity index (χ0v) is 22.1. The van der Waals surface area contributed by atoms with Gasteiger partial charge in [-0.05, 0) is 36.8 Å². The van der Waals surface area contributed by atoms with E-state index in [0.29, 0.717) is 48.6 Å². The molecule has 3 heterocycles. The summed E-state index contributed by atoms with van der Waals surface area (Å²) in [5.74, 6) is -0.340. The molecule has 0 bridgehead atoms. The predicted octanol–water partition coefficient (Wildman–Crippen LogP) is 3.59. The second-order valence-electron chi connectivity index (χ2n) is 9.64. The average molecular weight is 558 g/mol. The zero-order chi connectivity index (χ0) is 27.9. The van der Waals surface area contributed by atoms with Gasteiger partial charge in [0.2, 0.25) is 11.1 Å². The van der Waals surface area contributed by atoms with E-state index in [0.717, 1.165) is 17.7 Å². The highest BCUT2D eigenvalue weighted by molar-refractivity contribution is 7.84. The first-order valence-corrected chi connectivity index (χ1v) is 13.9. The number of aromatic nitrogens is 2. The van der Waals surface area contributed by atoms with Crippen molar-refractivity contribution in [3.63, 3.8) is 0 Å². The van der Waals surface area contributed by atoms with Crippen molar-refractivity contribution in [1.82, 2.24) is 19.8 Å². The summed E-state index contributed by atoms with van der Waals surface area (Å²) in [6.45, 7) is 3.35. The highest BCUT2D eigenvalue weighted by Crippen LogP contribution is 2.38. The average Bonchev–Trinajstić information content (AvgIpc) is 3.22. The van der Waals surface area contributed by atoms with E-state index in [1.165, 1.54) is 29.6 Å². The highest BCUT2D eigenvalue weighted by atomic mass is 32.2. The molecule has 0 aliphatic carbocycles. The monoisotopic (exact) mass is 557 g/mol. The van der Waals surface area contributed by atoms with Gasteiger partial charge in [-0.2, -0.15) is 13.2 Å². The number of hydrogen-bond acceptors (Lipinski definition) is 6. The second kappa shape index (κ2) is 10.4. The van der Waals surface area contributed by atoms with Crippen LogP contribution in [0.15, 0.2) is 60.0 Å². The van der Waals surface area contributed by atoms with Gasteiger partial charge in [-0.3, -0.25) is 13.8 Å². The Morgan fingerprint density at radius 3 is 2.44 bits per heavy atom. The molecular weight excluding hydrogens is 531 g/mol. The van der Waals surface area contributed by atoms with E-state index >= 15 is 0 Å². The van der Waals surface area contributed by atoms with Crippen LogP contribution in [-0.4, -0.2) is 74.3 Å². The molecule has 0 radical (unpaired) electrons. The fraction of sp³-hybridized carbons (Fsp3) is 0.333. The van der Waals surface area contributed by atoms with Crippen LogP contribution >= 0.6 is 0 Å². The van der Waals surface area contributed by atoms with Crippen LogP contribution in [0.5, 0.6) is 0 Å². The number of nitrogens with zero attached hydrogens (tertiary/aromatic N) is 5. The maximum Gasteiger partial charge on any atom is 0.416 e. The molecule has 2 unspecified atom stereocenters. The summed E-state index contributed by atoms with van der Waals surface area (Å²) in [5.41, 5.74) is 1.92. The number of carbonyl (C=O) groups is 2. The molecule has 204 valence electrons. The van der Waals surface area contributed by atoms with Crippen molar-refractivity contribution in [3.8, 4) is 11.1 Å². The third kappa shape index (κ3) is 5.38. The molecular formula is C27H26F3N5O3S. The van der Waals surface area contributed by atoms with E-state index in [2.05, 4.69) is 9.97 Å². The van der Waals surface area contributed by atoms with Crippen molar-refractivity contribution >= 4 is 28.3 Å². The number of rotatable bonds is 5. The molecule has 1 aromatic heterocycles. The van der Waals surface area contributed by atoms with Crippen LogP contribution in [0.3, 0.4) is 0 Å². The van der Waals surface area contributed by atoms with Crippen molar-refractivity contribution in [3.05, 3.63) is 71.5 Å². The lowest BCUT2D eigenvalue weighted by molar-refractivity contribution is -0.137. The lowest BCUT2D eigenvalue weighted by Crippen LogP contribution is -2.56. The molecule has 2 amide bonds. The van der Waals surface area contributed by atoms with Gasteiger partial charge < -0.3 is 14.7 Å². The maximum atomic E-state index is 13.6. The number of anilines is 1. The number of alkyl halides is 3. The van der Waals surface area contributed by atoms with E-state index < -0.39 is 22.5 Å². The normalized spacial score (nSPS) is 18.3. The van der Waals surface area contributed by atoms with E-state index in [4.69, 9.17) is 0 Å². The third-order valence-corrected chi connectivity index (χ3v) is 7.76. The molecule has 5 rings (SSSR count). The van der Waals surface area contributed by atoms with Crippen molar-refractivity contribution in [2.24, 2.45) is 0 Å². The number of piperazine rings is 1. The number of benzene rings is 2. The Kier molecular flexibility index (Phi) is 7.15. The summed E-state index contributed by atoms with van der Waals surface area (Å²) < 4.78 is 52.3. The molecule has 3 aromatic rings. The minimum absolute atomic E-state index is 0.0358. The fourth-order valence-corrected chi connectivity index (χ4v) is 5.47. The standard InChI is InChI=1S/C27H26F3N5O3S/c1-17-14-33(9-10-35(17)24(36)16-34-15-18-5-3-4-6-21(18)25(34)37)23-8-7-20(27(28,29)30)11-22(23)19-12-31-26(32-13-19)39(2)38/h3-8,11-13,17H,9-10,14-16H2,1-2H3. The Bertz CT molecular complexity index is 1450. The van der Waals surface area contributed by atoms with E-state index in [1.54, 1.807) is 17.0 Å². The van der Waals surface area contributed by atoms with E-state index in [-0.39, 0.29) is 29.6 Å². The molecule has 12 heteroatoms. The topological polar surface area (TPSA) is 86.7 Å². The summed E-state index contributed by atoms with van der Waals surface area (Å²) in [6.07, 6.45) is -0.372. The molecule has 8 nitrogen and oxygen atoms in total. The van der Waals surface area contributed by atoms with E-state index in [9.17, 15) is 27.0 Å². The van der Waals surface area contributed by atoms with Crippen molar-refractivity contribution in [2.75, 3.05) is 37.3 Å². The summed E-state index contributed by atoms with van der Waals surface area (Å²) in [4.78, 5) is 39.2. The van der Waals surface area contributed by atoms with Crippen LogP contribution in [0.4, 0.5) is 18.9 Å². The van der Waals surface area contributed by atoms with Crippen LogP contribution in [0.25, 0.3) is 11.1 Å². The molecule has 0 saturated carbocycles. The van der Waals surface area contributed by atoms with Crippen LogP contribution in [0, 0.1) is 0 Å². The van der Waals surface area contributed by atoms with Gasteiger partial charge >= 0.3 is 6.18 Å². The lowest BCUT2D eigenvalue weighted by atomic mass is 10.0. The molecule has 2 aliphatic rings. The first-order chi connectivity index (χ1) is 18.5. The maximum absolute atomic E-state index is 13.6. The first-order valence-electron chi connectivity index (χ1n) is 12.3. The van der Waals surface area contributed by atoms with E-state index in [1.807, 2.05) is 24.0 Å². The first kappa shape index (κ1) is 26.8. The van der Waals surface area contributed by atoms with Crippen LogP contribution in [-0.2, 0) is 28.3 Å². The number of halogens is 3. The molecule has 2 atom stereocenters. The minimum Gasteiger partial charge on any atom is -0.367 e. The minimum atomic E-state index is -4.54. The second-order valence-corrected chi connectivity index (χ2v) is 10.9. The predicted molar refractivity (Wildman–Crippen MR) is 139 cm³/mol. The Morgan fingerprint density at radius 2 is 1.79 bits per heavy atom. The van der Waals surface area contributed by atoms with Gasteiger partial charge in [0.25, 0.3) is 5.91 Å². The Labute approximate surface area is 225 Å². The Balaban J connectivity index is 1.34. The molecule has 0 spiro atoms. The van der Waals surface area contributed by atoms with Gasteiger partial charge in [0.05, 0.1) is 16.4 Å². The molecule has 1 saturated heterocycles. The van der Waals surface area contributed by atoms with Crippen molar-refractivity contribution in [1.29, 1.82) is 0 Å². The van der Waals surface area contributed by atoms with Gasteiger partial charge in [-0.25, -0.2) is 9.97 Å². The van der Waals surface area contributed by atoms with Crippen molar-refractivity contribution < 1.29 is 27.0 Å². The molecule has 2 aliphatic heterocycles. The summed E-state index contributed by atoms with van der Waals surface area (Å²) in [6, 6.07) is 10.6. The molecule has 39 heavy (non-hydrogen) atoms. The fourth-order valence-electron chi connectivity index (χ4n) is 5.07. The Hall–Kier alpha value is -3.80. The van der Waals surface area contributed by atoms with Crippen molar-refractivity contribution in [2.45, 2.75) is 30.8 Å². The highest BCUT2D eigenvalue weighted by Gasteiger charge is 2.35. The quantitative estimate of drug-likeness (QED) is 0.446. The lowest BCUT2D eigenvalue weighted by Gasteiger charge is -2.42. The van der Waals surface area contributed by atoms with Crippen LogP contribution in [0.2, 0.25) is 0 Å². The molecule has 1 fully saturated rings. The third-order valence-electron chi connectivity index (χ3n) is 7.03. The molecule has 0 N–H and O–H groups in total. The number of carbonyl (C=O) groups excluding carboxylic acids is 2. The number of fused-ring (bicyclic) bond motifs is 1. The molecule has 2 aromatic carbocycles. The van der Waals surface area contributed by atoms with Crippen LogP contribution in [0.1, 0.15) is 28.4 Å². The zero-order valence-electron chi connectivity index (χ0n) is 21.3. The van der Waals surface area contributed by atoms with Gasteiger partial charge in [0, 0.05) is 73.2 Å². The summed E-state index contributed by atoms with van der Waals surface area (Å²) in [5, 5.41) is 0.0904. The van der Waals surface area contributed by atoms with Crippen LogP contribution < -0.4 is 4.90 Å². The number of hydrogen-bond donors (Lipinski definition) is 0. The smallest absolute Gasteiger partial charge is 0.367 e. The number of amides is 2. The SMILES string of the molecule is CC1CN(c2ccc(C(F)(F)F)cc2-c2cnc(S(C)=O)nc2)CCN1C(=O)CN1Cc2ccccc2C1=O. The van der Waals surface area contributed by atoms with Gasteiger partial charge in [-0.1, -0.05) is 18.2 Å². The van der Waals surface area contributed by atoms with Gasteiger partial charge in [-0.15, -0.1) is 0 Å². The summed E-state index contributed by atoms with van der Waals surface area (Å²) >= 11 is 0. The van der Waals surface area contributed by atoms with Gasteiger partial charge in [0.1, 0.15) is 6.54 Å².